The molecule has 0 saturated heterocycles. The molecule has 1 amide bonds. The van der Waals surface area contributed by atoms with Crippen molar-refractivity contribution in [2.24, 2.45) is 7.05 Å². The number of carbonyl (C=O) groups excluding carboxylic acids is 1. The Labute approximate surface area is 116 Å². The maximum atomic E-state index is 12.0. The van der Waals surface area contributed by atoms with Crippen molar-refractivity contribution < 1.29 is 9.90 Å². The standard InChI is InChI=1S/C14H14N4O2/c1-18-10-12(8-17-18)7-16-14(20)13-5-11(3-2-4-19)6-15-9-13/h5-6,8-10,19H,4,7H2,1H3,(H,16,20). The van der Waals surface area contributed by atoms with Gasteiger partial charge in [-0.25, -0.2) is 0 Å². The van der Waals surface area contributed by atoms with Gasteiger partial charge in [-0.3, -0.25) is 14.5 Å². The van der Waals surface area contributed by atoms with Crippen LogP contribution in [-0.4, -0.2) is 32.4 Å². The Morgan fingerprint density at radius 3 is 3.00 bits per heavy atom. The number of rotatable bonds is 3. The van der Waals surface area contributed by atoms with Crippen LogP contribution in [0.2, 0.25) is 0 Å². The van der Waals surface area contributed by atoms with Gasteiger partial charge in [0, 0.05) is 43.3 Å². The molecule has 2 heterocycles. The quantitative estimate of drug-likeness (QED) is 0.775. The SMILES string of the molecule is Cn1cc(CNC(=O)c2cncc(C#CCO)c2)cn1. The second-order valence-electron chi connectivity index (χ2n) is 4.13. The summed E-state index contributed by atoms with van der Waals surface area (Å²) < 4.78 is 1.67. The summed E-state index contributed by atoms with van der Waals surface area (Å²) in [6, 6.07) is 1.63. The van der Waals surface area contributed by atoms with Crippen molar-refractivity contribution in [3.8, 4) is 11.8 Å². The first-order chi connectivity index (χ1) is 9.69. The van der Waals surface area contributed by atoms with Crippen LogP contribution >= 0.6 is 0 Å². The molecular formula is C14H14N4O2. The molecule has 0 bridgehead atoms. The fourth-order valence-electron chi connectivity index (χ4n) is 1.62. The summed E-state index contributed by atoms with van der Waals surface area (Å²) in [6.45, 7) is 0.177. The number of aryl methyl sites for hydroxylation is 1. The Morgan fingerprint density at radius 1 is 1.45 bits per heavy atom. The summed E-state index contributed by atoms with van der Waals surface area (Å²) in [7, 11) is 1.82. The van der Waals surface area contributed by atoms with Crippen molar-refractivity contribution >= 4 is 5.91 Å². The minimum atomic E-state index is -0.228. The molecule has 2 rings (SSSR count). The molecule has 0 atom stereocenters. The number of aliphatic hydroxyl groups excluding tert-OH is 1. The summed E-state index contributed by atoms with van der Waals surface area (Å²) in [5.74, 6) is 5.00. The highest BCUT2D eigenvalue weighted by molar-refractivity contribution is 5.94. The zero-order valence-electron chi connectivity index (χ0n) is 11.0. The zero-order valence-corrected chi connectivity index (χ0v) is 11.0. The monoisotopic (exact) mass is 270 g/mol. The lowest BCUT2D eigenvalue weighted by molar-refractivity contribution is 0.0950. The molecule has 20 heavy (non-hydrogen) atoms. The van der Waals surface area contributed by atoms with E-state index < -0.39 is 0 Å². The Morgan fingerprint density at radius 2 is 2.30 bits per heavy atom. The lowest BCUT2D eigenvalue weighted by atomic mass is 10.2. The number of nitrogens with zero attached hydrogens (tertiary/aromatic N) is 3. The van der Waals surface area contributed by atoms with Gasteiger partial charge in [0.15, 0.2) is 0 Å². The van der Waals surface area contributed by atoms with Crippen LogP contribution in [0.4, 0.5) is 0 Å². The highest BCUT2D eigenvalue weighted by Gasteiger charge is 2.06. The van der Waals surface area contributed by atoms with Gasteiger partial charge in [-0.1, -0.05) is 11.8 Å². The highest BCUT2D eigenvalue weighted by atomic mass is 16.2. The maximum absolute atomic E-state index is 12.0. The minimum Gasteiger partial charge on any atom is -0.384 e. The highest BCUT2D eigenvalue weighted by Crippen LogP contribution is 2.02. The van der Waals surface area contributed by atoms with Gasteiger partial charge in [0.1, 0.15) is 6.61 Å². The van der Waals surface area contributed by atoms with Crippen LogP contribution in [-0.2, 0) is 13.6 Å². The smallest absolute Gasteiger partial charge is 0.253 e. The Hall–Kier alpha value is -2.65. The fourth-order valence-corrected chi connectivity index (χ4v) is 1.62. The van der Waals surface area contributed by atoms with E-state index in [1.807, 2.05) is 13.2 Å². The predicted molar refractivity (Wildman–Crippen MR) is 72.6 cm³/mol. The number of nitrogens with one attached hydrogen (secondary N) is 1. The van der Waals surface area contributed by atoms with E-state index in [1.165, 1.54) is 6.20 Å². The van der Waals surface area contributed by atoms with E-state index in [0.717, 1.165) is 5.56 Å². The van der Waals surface area contributed by atoms with Gasteiger partial charge in [0.2, 0.25) is 0 Å². The third kappa shape index (κ3) is 3.67. The van der Waals surface area contributed by atoms with E-state index in [9.17, 15) is 4.79 Å². The van der Waals surface area contributed by atoms with Crippen molar-refractivity contribution in [2.75, 3.05) is 6.61 Å². The van der Waals surface area contributed by atoms with Crippen molar-refractivity contribution in [1.29, 1.82) is 0 Å². The molecule has 0 unspecified atom stereocenters. The van der Waals surface area contributed by atoms with Crippen molar-refractivity contribution in [1.82, 2.24) is 20.1 Å². The van der Waals surface area contributed by atoms with E-state index in [0.29, 0.717) is 17.7 Å². The second-order valence-corrected chi connectivity index (χ2v) is 4.13. The van der Waals surface area contributed by atoms with E-state index in [-0.39, 0.29) is 12.5 Å². The molecule has 2 aromatic rings. The average Bonchev–Trinajstić information content (AvgIpc) is 2.88. The fraction of sp³-hybridized carbons (Fsp3) is 0.214. The third-order valence-corrected chi connectivity index (χ3v) is 2.52. The Balaban J connectivity index is 2.01. The molecule has 0 aliphatic heterocycles. The number of carbonyl (C=O) groups is 1. The normalized spacial score (nSPS) is 9.70. The average molecular weight is 270 g/mol. The van der Waals surface area contributed by atoms with E-state index in [2.05, 4.69) is 27.2 Å². The zero-order chi connectivity index (χ0) is 14.4. The lowest BCUT2D eigenvalue weighted by Crippen LogP contribution is -2.22. The second kappa shape index (κ2) is 6.50. The molecule has 2 aromatic heterocycles. The molecule has 102 valence electrons. The van der Waals surface area contributed by atoms with Gasteiger partial charge in [-0.05, 0) is 6.07 Å². The van der Waals surface area contributed by atoms with Crippen LogP contribution in [0.1, 0.15) is 21.5 Å². The van der Waals surface area contributed by atoms with Crippen LogP contribution in [0.3, 0.4) is 0 Å². The number of aromatic nitrogens is 3. The molecule has 6 nitrogen and oxygen atoms in total. The Bertz CT molecular complexity index is 667. The molecule has 0 saturated carbocycles. The number of hydrogen-bond donors (Lipinski definition) is 2. The lowest BCUT2D eigenvalue weighted by Gasteiger charge is -2.03. The van der Waals surface area contributed by atoms with E-state index in [4.69, 9.17) is 5.11 Å². The first-order valence-electron chi connectivity index (χ1n) is 5.99. The van der Waals surface area contributed by atoms with Crippen molar-refractivity contribution in [3.63, 3.8) is 0 Å². The molecule has 0 aliphatic carbocycles. The number of hydrogen-bond acceptors (Lipinski definition) is 4. The van der Waals surface area contributed by atoms with Gasteiger partial charge >= 0.3 is 0 Å². The first kappa shape index (κ1) is 13.8. The molecule has 0 fully saturated rings. The van der Waals surface area contributed by atoms with Gasteiger partial charge in [-0.2, -0.15) is 5.10 Å². The molecule has 0 aromatic carbocycles. The van der Waals surface area contributed by atoms with Crippen LogP contribution in [0.25, 0.3) is 0 Å². The summed E-state index contributed by atoms with van der Waals surface area (Å²) in [6.07, 6.45) is 6.55. The van der Waals surface area contributed by atoms with Crippen molar-refractivity contribution in [2.45, 2.75) is 6.54 Å². The van der Waals surface area contributed by atoms with Crippen molar-refractivity contribution in [3.05, 3.63) is 47.5 Å². The molecular weight excluding hydrogens is 256 g/mol. The number of pyridine rings is 1. The van der Waals surface area contributed by atoms with Crippen LogP contribution < -0.4 is 5.32 Å². The molecule has 2 N–H and O–H groups in total. The van der Waals surface area contributed by atoms with Crippen LogP contribution in [0, 0.1) is 11.8 Å². The summed E-state index contributed by atoms with van der Waals surface area (Å²) in [5.41, 5.74) is 1.94. The summed E-state index contributed by atoms with van der Waals surface area (Å²) >= 11 is 0. The largest absolute Gasteiger partial charge is 0.384 e. The topological polar surface area (TPSA) is 80.0 Å². The number of amides is 1. The molecule has 6 heteroatoms. The third-order valence-electron chi connectivity index (χ3n) is 2.52. The van der Waals surface area contributed by atoms with Crippen LogP contribution in [0.5, 0.6) is 0 Å². The van der Waals surface area contributed by atoms with Gasteiger partial charge < -0.3 is 10.4 Å². The van der Waals surface area contributed by atoms with Gasteiger partial charge in [0.05, 0.1) is 11.8 Å². The molecule has 0 spiro atoms. The summed E-state index contributed by atoms with van der Waals surface area (Å²) in [5, 5.41) is 15.4. The van der Waals surface area contributed by atoms with Crippen LogP contribution in [0.15, 0.2) is 30.9 Å². The van der Waals surface area contributed by atoms with Gasteiger partial charge in [-0.15, -0.1) is 0 Å². The first-order valence-corrected chi connectivity index (χ1v) is 5.99. The Kier molecular flexibility index (Phi) is 4.47. The number of aliphatic hydroxyl groups is 1. The summed E-state index contributed by atoms with van der Waals surface area (Å²) in [4.78, 5) is 15.9. The predicted octanol–water partition coefficient (Wildman–Crippen LogP) is 0.0889. The minimum absolute atomic E-state index is 0.225. The molecule has 0 radical (unpaired) electrons. The van der Waals surface area contributed by atoms with E-state index >= 15 is 0 Å². The molecule has 0 aliphatic rings. The van der Waals surface area contributed by atoms with Gasteiger partial charge in [0.25, 0.3) is 5.91 Å². The van der Waals surface area contributed by atoms with E-state index in [1.54, 1.807) is 23.1 Å². The maximum Gasteiger partial charge on any atom is 0.253 e.